The molecule has 15 heavy (non-hydrogen) atoms. The minimum absolute atomic E-state index is 0.720. The summed E-state index contributed by atoms with van der Waals surface area (Å²) in [7, 11) is 0. The van der Waals surface area contributed by atoms with Crippen molar-refractivity contribution in [3.63, 3.8) is 0 Å². The molecule has 0 atom stereocenters. The Hall–Kier alpha value is -0.870. The smallest absolute Gasteiger partial charge is 0.180 e. The monoisotopic (exact) mass is 223 g/mol. The molecule has 0 unspecified atom stereocenters. The van der Waals surface area contributed by atoms with Crippen LogP contribution in [0.5, 0.6) is 0 Å². The third-order valence-electron chi connectivity index (χ3n) is 2.73. The summed E-state index contributed by atoms with van der Waals surface area (Å²) in [5.74, 6) is 0. The van der Waals surface area contributed by atoms with Crippen molar-refractivity contribution >= 4 is 16.5 Å². The van der Waals surface area contributed by atoms with Crippen LogP contribution in [0, 0.1) is 0 Å². The summed E-state index contributed by atoms with van der Waals surface area (Å²) >= 11 is 1.65. The number of aromatic nitrogens is 1. The van der Waals surface area contributed by atoms with Crippen LogP contribution in [0.3, 0.4) is 0 Å². The molecule has 0 spiro atoms. The van der Waals surface area contributed by atoms with E-state index in [9.17, 15) is 0 Å². The van der Waals surface area contributed by atoms with E-state index in [-0.39, 0.29) is 0 Å². The van der Waals surface area contributed by atoms with Crippen LogP contribution >= 0.6 is 11.3 Å². The first-order chi connectivity index (χ1) is 7.29. The van der Waals surface area contributed by atoms with Gasteiger partial charge in [-0.1, -0.05) is 6.08 Å². The Bertz CT molecular complexity index is 346. The SMILES string of the molecule is C=CCN1CCCc2nc(N)sc2CC1. The van der Waals surface area contributed by atoms with Crippen molar-refractivity contribution in [2.24, 2.45) is 0 Å². The van der Waals surface area contributed by atoms with E-state index in [4.69, 9.17) is 5.73 Å². The summed E-state index contributed by atoms with van der Waals surface area (Å²) in [6, 6.07) is 0. The van der Waals surface area contributed by atoms with Crippen LogP contribution in [-0.2, 0) is 12.8 Å². The minimum Gasteiger partial charge on any atom is -0.375 e. The Balaban J connectivity index is 2.07. The van der Waals surface area contributed by atoms with Crippen molar-refractivity contribution < 1.29 is 0 Å². The van der Waals surface area contributed by atoms with Gasteiger partial charge in [-0.15, -0.1) is 17.9 Å². The Morgan fingerprint density at radius 3 is 3.13 bits per heavy atom. The third-order valence-corrected chi connectivity index (χ3v) is 3.71. The minimum atomic E-state index is 0.720. The van der Waals surface area contributed by atoms with Crippen LogP contribution < -0.4 is 5.73 Å². The van der Waals surface area contributed by atoms with Crippen LogP contribution in [0.2, 0.25) is 0 Å². The number of nitrogen functional groups attached to an aromatic ring is 1. The Morgan fingerprint density at radius 2 is 2.33 bits per heavy atom. The lowest BCUT2D eigenvalue weighted by atomic mass is 10.1. The Labute approximate surface area is 94.6 Å². The fourth-order valence-electron chi connectivity index (χ4n) is 2.00. The van der Waals surface area contributed by atoms with E-state index in [1.165, 1.54) is 17.0 Å². The number of anilines is 1. The fourth-order valence-corrected chi connectivity index (χ4v) is 2.87. The zero-order chi connectivity index (χ0) is 10.7. The molecule has 0 aliphatic carbocycles. The van der Waals surface area contributed by atoms with Gasteiger partial charge in [0.2, 0.25) is 0 Å². The summed E-state index contributed by atoms with van der Waals surface area (Å²) in [6.07, 6.45) is 5.29. The molecule has 1 aromatic heterocycles. The van der Waals surface area contributed by atoms with E-state index in [2.05, 4.69) is 16.5 Å². The predicted molar refractivity (Wildman–Crippen MR) is 65.2 cm³/mol. The summed E-state index contributed by atoms with van der Waals surface area (Å²) < 4.78 is 0. The normalized spacial score (nSPS) is 17.9. The third kappa shape index (κ3) is 2.58. The zero-order valence-electron chi connectivity index (χ0n) is 8.91. The first-order valence-corrected chi connectivity index (χ1v) is 6.18. The van der Waals surface area contributed by atoms with Crippen molar-refractivity contribution in [3.05, 3.63) is 23.2 Å². The van der Waals surface area contributed by atoms with E-state index in [0.29, 0.717) is 0 Å². The summed E-state index contributed by atoms with van der Waals surface area (Å²) in [4.78, 5) is 8.19. The van der Waals surface area contributed by atoms with Crippen molar-refractivity contribution in [2.45, 2.75) is 19.3 Å². The largest absolute Gasteiger partial charge is 0.375 e. The van der Waals surface area contributed by atoms with Crippen LogP contribution in [0.25, 0.3) is 0 Å². The molecule has 0 aromatic carbocycles. The van der Waals surface area contributed by atoms with Crippen LogP contribution in [-0.4, -0.2) is 29.5 Å². The average Bonchev–Trinajstić information content (AvgIpc) is 2.52. The maximum Gasteiger partial charge on any atom is 0.180 e. The molecule has 3 nitrogen and oxygen atoms in total. The van der Waals surface area contributed by atoms with Gasteiger partial charge in [0.25, 0.3) is 0 Å². The van der Waals surface area contributed by atoms with E-state index in [1.54, 1.807) is 11.3 Å². The van der Waals surface area contributed by atoms with Gasteiger partial charge in [-0.2, -0.15) is 0 Å². The molecule has 1 aliphatic rings. The topological polar surface area (TPSA) is 42.2 Å². The highest BCUT2D eigenvalue weighted by molar-refractivity contribution is 7.15. The van der Waals surface area contributed by atoms with E-state index >= 15 is 0 Å². The number of aryl methyl sites for hydroxylation is 1. The molecule has 82 valence electrons. The van der Waals surface area contributed by atoms with Gasteiger partial charge in [-0.05, 0) is 25.8 Å². The quantitative estimate of drug-likeness (QED) is 0.776. The highest BCUT2D eigenvalue weighted by Crippen LogP contribution is 2.24. The molecule has 4 heteroatoms. The highest BCUT2D eigenvalue weighted by atomic mass is 32.1. The highest BCUT2D eigenvalue weighted by Gasteiger charge is 2.14. The fraction of sp³-hybridized carbons (Fsp3) is 0.545. The van der Waals surface area contributed by atoms with Crippen molar-refractivity contribution in [2.75, 3.05) is 25.4 Å². The standard InChI is InChI=1S/C11H17N3S/c1-2-6-14-7-3-4-9-10(5-8-14)15-11(12)13-9/h2H,1,3-8H2,(H2,12,13). The van der Waals surface area contributed by atoms with Gasteiger partial charge in [0.1, 0.15) is 0 Å². The maximum atomic E-state index is 5.73. The second-order valence-corrected chi connectivity index (χ2v) is 4.98. The van der Waals surface area contributed by atoms with Gasteiger partial charge < -0.3 is 5.73 Å². The van der Waals surface area contributed by atoms with Gasteiger partial charge >= 0.3 is 0 Å². The van der Waals surface area contributed by atoms with Gasteiger partial charge in [-0.3, -0.25) is 4.90 Å². The lowest BCUT2D eigenvalue weighted by molar-refractivity contribution is 0.297. The van der Waals surface area contributed by atoms with Crippen LogP contribution in [0.4, 0.5) is 5.13 Å². The van der Waals surface area contributed by atoms with Crippen LogP contribution in [0.15, 0.2) is 12.7 Å². The number of nitrogens with two attached hydrogens (primary N) is 1. The second-order valence-electron chi connectivity index (χ2n) is 3.86. The molecular weight excluding hydrogens is 206 g/mol. The number of rotatable bonds is 2. The van der Waals surface area contributed by atoms with Gasteiger partial charge in [-0.25, -0.2) is 4.98 Å². The number of hydrogen-bond acceptors (Lipinski definition) is 4. The number of thiazole rings is 1. The molecule has 0 bridgehead atoms. The van der Waals surface area contributed by atoms with Crippen molar-refractivity contribution in [1.82, 2.24) is 9.88 Å². The molecule has 2 heterocycles. The summed E-state index contributed by atoms with van der Waals surface area (Å²) in [5, 5.41) is 0.720. The molecule has 2 N–H and O–H groups in total. The molecule has 0 radical (unpaired) electrons. The average molecular weight is 223 g/mol. The van der Waals surface area contributed by atoms with E-state index in [1.807, 2.05) is 6.08 Å². The first-order valence-electron chi connectivity index (χ1n) is 5.37. The molecule has 0 saturated heterocycles. The predicted octanol–water partition coefficient (Wildman–Crippen LogP) is 1.70. The lowest BCUT2D eigenvalue weighted by Crippen LogP contribution is -2.29. The van der Waals surface area contributed by atoms with Gasteiger partial charge in [0.05, 0.1) is 5.69 Å². The van der Waals surface area contributed by atoms with Crippen molar-refractivity contribution in [3.8, 4) is 0 Å². The lowest BCUT2D eigenvalue weighted by Gasteiger charge is -2.22. The van der Waals surface area contributed by atoms with Crippen LogP contribution in [0.1, 0.15) is 17.0 Å². The molecule has 0 fully saturated rings. The van der Waals surface area contributed by atoms with E-state index < -0.39 is 0 Å². The zero-order valence-corrected chi connectivity index (χ0v) is 9.72. The van der Waals surface area contributed by atoms with Gasteiger partial charge in [0, 0.05) is 18.0 Å². The molecule has 1 aromatic rings. The molecule has 0 saturated carbocycles. The van der Waals surface area contributed by atoms with Crippen molar-refractivity contribution in [1.29, 1.82) is 0 Å². The van der Waals surface area contributed by atoms with E-state index in [0.717, 1.165) is 37.6 Å². The number of hydrogen-bond donors (Lipinski definition) is 1. The first kappa shape index (κ1) is 10.6. The maximum absolute atomic E-state index is 5.73. The van der Waals surface area contributed by atoms with Gasteiger partial charge in [0.15, 0.2) is 5.13 Å². The number of fused-ring (bicyclic) bond motifs is 1. The molecule has 0 amide bonds. The Kier molecular flexibility index (Phi) is 3.38. The molecule has 1 aliphatic heterocycles. The summed E-state index contributed by atoms with van der Waals surface area (Å²) in [5.41, 5.74) is 6.96. The molecule has 2 rings (SSSR count). The second kappa shape index (κ2) is 4.77. The Morgan fingerprint density at radius 1 is 1.47 bits per heavy atom. The number of nitrogens with zero attached hydrogens (tertiary/aromatic N) is 2. The molecular formula is C11H17N3S. The summed E-state index contributed by atoms with van der Waals surface area (Å²) in [6.45, 7) is 7.02.